The summed E-state index contributed by atoms with van der Waals surface area (Å²) in [7, 11) is 0. The smallest absolute Gasteiger partial charge is 0.346 e. The number of likely N-dealkylation sites (tertiary alicyclic amines) is 1. The minimum Gasteiger partial charge on any atom is -0.346 e. The fourth-order valence-electron chi connectivity index (χ4n) is 2.92. The van der Waals surface area contributed by atoms with Gasteiger partial charge in [-0.05, 0) is 23.8 Å². The molecule has 136 valence electrons. The van der Waals surface area contributed by atoms with E-state index in [2.05, 4.69) is 10.3 Å². The number of hydrogen-bond donors (Lipinski definition) is 1. The zero-order valence-electron chi connectivity index (χ0n) is 13.7. The third kappa shape index (κ3) is 4.01. The molecule has 1 atom stereocenters. The number of benzene rings is 1. The second-order valence-electron chi connectivity index (χ2n) is 6.02. The summed E-state index contributed by atoms with van der Waals surface area (Å²) in [5.74, 6) is -0.714. The molecule has 1 N–H and O–H groups in total. The normalized spacial score (nSPS) is 17.4. The monoisotopic (exact) mass is 363 g/mol. The SMILES string of the molecule is O=C(N[C@H]1CC(=O)N(Cc2ccccc2C(F)(F)F)C1)c1ccccn1. The molecule has 2 heterocycles. The van der Waals surface area contributed by atoms with E-state index in [0.29, 0.717) is 0 Å². The number of carbonyl (C=O) groups is 2. The summed E-state index contributed by atoms with van der Waals surface area (Å²) in [6, 6.07) is 9.60. The summed E-state index contributed by atoms with van der Waals surface area (Å²) in [5, 5.41) is 2.70. The van der Waals surface area contributed by atoms with E-state index >= 15 is 0 Å². The molecule has 3 rings (SSSR count). The van der Waals surface area contributed by atoms with Crippen molar-refractivity contribution in [1.29, 1.82) is 0 Å². The van der Waals surface area contributed by atoms with Crippen LogP contribution in [-0.2, 0) is 17.5 Å². The largest absolute Gasteiger partial charge is 0.416 e. The zero-order chi connectivity index (χ0) is 18.7. The number of nitrogens with one attached hydrogen (secondary N) is 1. The van der Waals surface area contributed by atoms with Crippen LogP contribution in [0, 0.1) is 0 Å². The summed E-state index contributed by atoms with van der Waals surface area (Å²) >= 11 is 0. The lowest BCUT2D eigenvalue weighted by molar-refractivity contribution is -0.139. The molecule has 26 heavy (non-hydrogen) atoms. The Hall–Kier alpha value is -2.90. The van der Waals surface area contributed by atoms with Crippen LogP contribution < -0.4 is 5.32 Å². The maximum absolute atomic E-state index is 13.1. The molecule has 1 aliphatic heterocycles. The molecule has 0 saturated carbocycles. The van der Waals surface area contributed by atoms with Gasteiger partial charge in [0, 0.05) is 25.7 Å². The van der Waals surface area contributed by atoms with Crippen LogP contribution in [0.2, 0.25) is 0 Å². The van der Waals surface area contributed by atoms with Gasteiger partial charge >= 0.3 is 6.18 Å². The highest BCUT2D eigenvalue weighted by Crippen LogP contribution is 2.32. The Kier molecular flexibility index (Phi) is 4.92. The minimum atomic E-state index is -4.48. The Morgan fingerprint density at radius 1 is 1.19 bits per heavy atom. The highest BCUT2D eigenvalue weighted by Gasteiger charge is 2.36. The first-order valence-electron chi connectivity index (χ1n) is 7.99. The third-order valence-corrected chi connectivity index (χ3v) is 4.13. The van der Waals surface area contributed by atoms with E-state index < -0.39 is 23.7 Å². The first kappa shape index (κ1) is 17.9. The third-order valence-electron chi connectivity index (χ3n) is 4.13. The van der Waals surface area contributed by atoms with Crippen molar-refractivity contribution >= 4 is 11.8 Å². The number of rotatable bonds is 4. The number of carbonyl (C=O) groups excluding carboxylic acids is 2. The molecule has 2 aromatic rings. The summed E-state index contributed by atoms with van der Waals surface area (Å²) in [4.78, 5) is 29.5. The minimum absolute atomic E-state index is 0.0325. The first-order valence-corrected chi connectivity index (χ1v) is 7.99. The van der Waals surface area contributed by atoms with Crippen molar-refractivity contribution in [2.45, 2.75) is 25.2 Å². The number of hydrogen-bond acceptors (Lipinski definition) is 3. The Labute approximate surface area is 147 Å². The van der Waals surface area contributed by atoms with Crippen molar-refractivity contribution in [3.05, 3.63) is 65.5 Å². The van der Waals surface area contributed by atoms with Gasteiger partial charge in [0.15, 0.2) is 0 Å². The van der Waals surface area contributed by atoms with Crippen LogP contribution in [0.3, 0.4) is 0 Å². The van der Waals surface area contributed by atoms with Gasteiger partial charge in [-0.1, -0.05) is 24.3 Å². The van der Waals surface area contributed by atoms with Crippen LogP contribution in [0.25, 0.3) is 0 Å². The average Bonchev–Trinajstić information content (AvgIpc) is 2.94. The van der Waals surface area contributed by atoms with E-state index in [-0.39, 0.29) is 36.7 Å². The van der Waals surface area contributed by atoms with E-state index in [1.165, 1.54) is 29.3 Å². The second-order valence-corrected chi connectivity index (χ2v) is 6.02. The van der Waals surface area contributed by atoms with E-state index in [1.54, 1.807) is 18.2 Å². The van der Waals surface area contributed by atoms with Crippen molar-refractivity contribution < 1.29 is 22.8 Å². The quantitative estimate of drug-likeness (QED) is 0.908. The Balaban J connectivity index is 1.67. The van der Waals surface area contributed by atoms with E-state index in [4.69, 9.17) is 0 Å². The topological polar surface area (TPSA) is 62.3 Å². The van der Waals surface area contributed by atoms with Gasteiger partial charge in [0.1, 0.15) is 5.69 Å². The van der Waals surface area contributed by atoms with Crippen molar-refractivity contribution in [2.75, 3.05) is 6.54 Å². The van der Waals surface area contributed by atoms with Crippen LogP contribution in [0.5, 0.6) is 0 Å². The van der Waals surface area contributed by atoms with Crippen LogP contribution in [0.4, 0.5) is 13.2 Å². The molecular formula is C18H16F3N3O2. The predicted molar refractivity (Wildman–Crippen MR) is 87.0 cm³/mol. The molecule has 1 aromatic carbocycles. The van der Waals surface area contributed by atoms with Crippen molar-refractivity contribution in [3.63, 3.8) is 0 Å². The molecule has 0 radical (unpaired) electrons. The van der Waals surface area contributed by atoms with Crippen LogP contribution in [0.1, 0.15) is 28.0 Å². The summed E-state index contributed by atoms with van der Waals surface area (Å²) in [5.41, 5.74) is -0.500. The zero-order valence-corrected chi connectivity index (χ0v) is 13.7. The van der Waals surface area contributed by atoms with Crippen LogP contribution >= 0.6 is 0 Å². The molecule has 1 aliphatic rings. The first-order chi connectivity index (χ1) is 12.3. The summed E-state index contributed by atoms with van der Waals surface area (Å²) < 4.78 is 39.3. The number of nitrogens with zero attached hydrogens (tertiary/aromatic N) is 2. The fraction of sp³-hybridized carbons (Fsp3) is 0.278. The molecule has 2 amide bonds. The lowest BCUT2D eigenvalue weighted by Crippen LogP contribution is -2.37. The van der Waals surface area contributed by atoms with Gasteiger partial charge < -0.3 is 10.2 Å². The Morgan fingerprint density at radius 2 is 1.92 bits per heavy atom. The second kappa shape index (κ2) is 7.15. The Morgan fingerprint density at radius 3 is 2.62 bits per heavy atom. The average molecular weight is 363 g/mol. The lowest BCUT2D eigenvalue weighted by Gasteiger charge is -2.20. The van der Waals surface area contributed by atoms with Gasteiger partial charge in [0.2, 0.25) is 5.91 Å². The number of amides is 2. The molecule has 1 fully saturated rings. The maximum Gasteiger partial charge on any atom is 0.416 e. The van der Waals surface area contributed by atoms with E-state index in [1.807, 2.05) is 0 Å². The van der Waals surface area contributed by atoms with Crippen molar-refractivity contribution in [3.8, 4) is 0 Å². The standard InChI is InChI=1S/C18H16F3N3O2/c19-18(20,21)14-6-2-1-5-12(14)10-24-11-13(9-16(24)25)23-17(26)15-7-3-4-8-22-15/h1-8,13H,9-11H2,(H,23,26)/t13-/m0/s1. The van der Waals surface area contributed by atoms with Gasteiger partial charge in [-0.3, -0.25) is 14.6 Å². The fourth-order valence-corrected chi connectivity index (χ4v) is 2.92. The maximum atomic E-state index is 13.1. The molecule has 0 spiro atoms. The van der Waals surface area contributed by atoms with Gasteiger partial charge in [-0.15, -0.1) is 0 Å². The molecule has 1 saturated heterocycles. The molecule has 5 nitrogen and oxygen atoms in total. The number of pyridine rings is 1. The summed E-state index contributed by atoms with van der Waals surface area (Å²) in [6.45, 7) is 0.00801. The molecule has 0 unspecified atom stereocenters. The number of aromatic nitrogens is 1. The number of alkyl halides is 3. The lowest BCUT2D eigenvalue weighted by atomic mass is 10.1. The van der Waals surface area contributed by atoms with Gasteiger partial charge in [0.05, 0.1) is 11.6 Å². The van der Waals surface area contributed by atoms with Crippen LogP contribution in [0.15, 0.2) is 48.7 Å². The Bertz CT molecular complexity index is 809. The van der Waals surface area contributed by atoms with Gasteiger partial charge in [-0.2, -0.15) is 13.2 Å². The van der Waals surface area contributed by atoms with Gasteiger partial charge in [-0.25, -0.2) is 0 Å². The summed E-state index contributed by atoms with van der Waals surface area (Å²) in [6.07, 6.45) is -2.95. The highest BCUT2D eigenvalue weighted by molar-refractivity contribution is 5.93. The van der Waals surface area contributed by atoms with Crippen LogP contribution in [-0.4, -0.2) is 34.3 Å². The molecule has 0 bridgehead atoms. The van der Waals surface area contributed by atoms with Crippen molar-refractivity contribution in [1.82, 2.24) is 15.2 Å². The van der Waals surface area contributed by atoms with E-state index in [0.717, 1.165) is 6.07 Å². The van der Waals surface area contributed by atoms with Crippen molar-refractivity contribution in [2.24, 2.45) is 0 Å². The number of halogens is 3. The molecule has 8 heteroatoms. The highest BCUT2D eigenvalue weighted by atomic mass is 19.4. The molecule has 1 aromatic heterocycles. The molecular weight excluding hydrogens is 347 g/mol. The predicted octanol–water partition coefficient (Wildman–Crippen LogP) is 2.63. The molecule has 0 aliphatic carbocycles. The van der Waals surface area contributed by atoms with E-state index in [9.17, 15) is 22.8 Å². The van der Waals surface area contributed by atoms with Gasteiger partial charge in [0.25, 0.3) is 5.91 Å².